The topological polar surface area (TPSA) is 40.5 Å². The normalized spacial score (nSPS) is 24.1. The standard InChI is InChI=1S/C10H7BrF3NO2/c1-15-7-3-2-5(11)4-6(7)9(17,8(15)16)10(12,13)14/h2-4,17H,1H3/t9-/m1/s1. The molecule has 0 saturated carbocycles. The van der Waals surface area contributed by atoms with Crippen LogP contribution in [0, 0.1) is 0 Å². The first kappa shape index (κ1) is 12.4. The first-order valence-corrected chi connectivity index (χ1v) is 5.36. The molecule has 1 heterocycles. The quantitative estimate of drug-likeness (QED) is 0.798. The molecule has 0 saturated heterocycles. The first-order chi connectivity index (χ1) is 7.69. The van der Waals surface area contributed by atoms with E-state index < -0.39 is 23.2 Å². The summed E-state index contributed by atoms with van der Waals surface area (Å²) in [6.07, 6.45) is -5.05. The van der Waals surface area contributed by atoms with Crippen molar-refractivity contribution in [3.8, 4) is 0 Å². The van der Waals surface area contributed by atoms with Gasteiger partial charge in [-0.1, -0.05) is 15.9 Å². The van der Waals surface area contributed by atoms with Gasteiger partial charge in [0.2, 0.25) is 0 Å². The van der Waals surface area contributed by atoms with Crippen molar-refractivity contribution in [3.05, 3.63) is 28.2 Å². The van der Waals surface area contributed by atoms with Gasteiger partial charge in [-0.3, -0.25) is 4.79 Å². The molecule has 0 radical (unpaired) electrons. The van der Waals surface area contributed by atoms with Crippen molar-refractivity contribution in [1.82, 2.24) is 0 Å². The van der Waals surface area contributed by atoms with E-state index in [0.717, 1.165) is 11.0 Å². The highest BCUT2D eigenvalue weighted by Crippen LogP contribution is 2.49. The lowest BCUT2D eigenvalue weighted by Gasteiger charge is -2.24. The van der Waals surface area contributed by atoms with E-state index in [2.05, 4.69) is 15.9 Å². The zero-order valence-corrected chi connectivity index (χ0v) is 10.1. The van der Waals surface area contributed by atoms with E-state index in [1.165, 1.54) is 19.2 Å². The Balaban J connectivity index is 2.74. The predicted molar refractivity (Wildman–Crippen MR) is 57.5 cm³/mol. The van der Waals surface area contributed by atoms with E-state index in [9.17, 15) is 23.1 Å². The van der Waals surface area contributed by atoms with Crippen LogP contribution >= 0.6 is 15.9 Å². The van der Waals surface area contributed by atoms with E-state index in [1.807, 2.05) is 0 Å². The van der Waals surface area contributed by atoms with Crippen LogP contribution in [0.5, 0.6) is 0 Å². The number of hydrogen-bond donors (Lipinski definition) is 1. The molecule has 1 N–H and O–H groups in total. The number of fused-ring (bicyclic) bond motifs is 1. The highest BCUT2D eigenvalue weighted by molar-refractivity contribution is 9.10. The molecule has 1 aromatic rings. The molecule has 1 aliphatic heterocycles. The van der Waals surface area contributed by atoms with Gasteiger partial charge < -0.3 is 10.0 Å². The Kier molecular flexibility index (Phi) is 2.52. The molecule has 1 amide bonds. The van der Waals surface area contributed by atoms with Crippen molar-refractivity contribution in [2.75, 3.05) is 11.9 Å². The third-order valence-corrected chi connectivity index (χ3v) is 3.23. The van der Waals surface area contributed by atoms with Gasteiger partial charge in [-0.2, -0.15) is 13.2 Å². The Hall–Kier alpha value is -1.08. The van der Waals surface area contributed by atoms with Crippen LogP contribution in [0.2, 0.25) is 0 Å². The first-order valence-electron chi connectivity index (χ1n) is 4.57. The Morgan fingerprint density at radius 2 is 2.00 bits per heavy atom. The molecule has 0 unspecified atom stereocenters. The molecule has 0 aliphatic carbocycles. The average molecular weight is 310 g/mol. The number of aliphatic hydroxyl groups is 1. The van der Waals surface area contributed by atoms with Crippen LogP contribution in [0.25, 0.3) is 0 Å². The molecular formula is C10H7BrF3NO2. The molecule has 1 atom stereocenters. The summed E-state index contributed by atoms with van der Waals surface area (Å²) in [5.41, 5.74) is -3.86. The number of amides is 1. The van der Waals surface area contributed by atoms with E-state index in [1.54, 1.807) is 0 Å². The molecule has 1 aromatic carbocycles. The smallest absolute Gasteiger partial charge is 0.368 e. The molecule has 0 fully saturated rings. The van der Waals surface area contributed by atoms with Crippen molar-refractivity contribution in [1.29, 1.82) is 0 Å². The van der Waals surface area contributed by atoms with Gasteiger partial charge in [-0.25, -0.2) is 0 Å². The SMILES string of the molecule is CN1C(=O)[C@@](O)(C(F)(F)F)c2cc(Br)ccc21. The van der Waals surface area contributed by atoms with Crippen molar-refractivity contribution < 1.29 is 23.1 Å². The molecule has 2 rings (SSSR count). The van der Waals surface area contributed by atoms with Crippen LogP contribution in [0.15, 0.2) is 22.7 Å². The maximum Gasteiger partial charge on any atom is 0.430 e. The highest BCUT2D eigenvalue weighted by atomic mass is 79.9. The Morgan fingerprint density at radius 3 is 2.53 bits per heavy atom. The number of halogens is 4. The number of benzene rings is 1. The molecular weight excluding hydrogens is 303 g/mol. The summed E-state index contributed by atoms with van der Waals surface area (Å²) in [5, 5.41) is 9.71. The molecule has 1 aliphatic rings. The van der Waals surface area contributed by atoms with Gasteiger partial charge in [0.1, 0.15) is 0 Å². The van der Waals surface area contributed by atoms with Gasteiger partial charge in [0.05, 0.1) is 5.69 Å². The largest absolute Gasteiger partial charge is 0.430 e. The molecule has 17 heavy (non-hydrogen) atoms. The lowest BCUT2D eigenvalue weighted by atomic mass is 9.95. The third-order valence-electron chi connectivity index (χ3n) is 2.73. The number of hydrogen-bond acceptors (Lipinski definition) is 2. The van der Waals surface area contributed by atoms with Gasteiger partial charge in [-0.05, 0) is 18.2 Å². The Morgan fingerprint density at radius 1 is 1.41 bits per heavy atom. The summed E-state index contributed by atoms with van der Waals surface area (Å²) < 4.78 is 39.0. The molecule has 7 heteroatoms. The number of carbonyl (C=O) groups is 1. The monoisotopic (exact) mass is 309 g/mol. The fourth-order valence-electron chi connectivity index (χ4n) is 1.83. The fraction of sp³-hybridized carbons (Fsp3) is 0.300. The third kappa shape index (κ3) is 1.49. The minimum atomic E-state index is -5.05. The van der Waals surface area contributed by atoms with Crippen molar-refractivity contribution in [2.24, 2.45) is 0 Å². The zero-order valence-electron chi connectivity index (χ0n) is 8.55. The molecule has 0 bridgehead atoms. The summed E-state index contributed by atoms with van der Waals surface area (Å²) in [6, 6.07) is 3.95. The molecule has 0 aromatic heterocycles. The Labute approximate surface area is 103 Å². The summed E-state index contributed by atoms with van der Waals surface area (Å²) in [6.45, 7) is 0. The van der Waals surface area contributed by atoms with Crippen molar-refractivity contribution in [3.63, 3.8) is 0 Å². The zero-order chi connectivity index (χ0) is 13.0. The number of nitrogens with zero attached hydrogens (tertiary/aromatic N) is 1. The van der Waals surface area contributed by atoms with Crippen LogP contribution < -0.4 is 4.90 Å². The van der Waals surface area contributed by atoms with Gasteiger partial charge in [0.25, 0.3) is 11.5 Å². The van der Waals surface area contributed by atoms with E-state index in [4.69, 9.17) is 0 Å². The minimum Gasteiger partial charge on any atom is -0.368 e. The van der Waals surface area contributed by atoms with Gasteiger partial charge in [0, 0.05) is 17.1 Å². The number of likely N-dealkylation sites (N-methyl/N-ethyl adjacent to an activating group) is 1. The van der Waals surface area contributed by atoms with E-state index in [-0.39, 0.29) is 5.69 Å². The average Bonchev–Trinajstić information content (AvgIpc) is 2.41. The lowest BCUT2D eigenvalue weighted by molar-refractivity contribution is -0.253. The summed E-state index contributed by atoms with van der Waals surface area (Å²) >= 11 is 3.01. The number of rotatable bonds is 0. The summed E-state index contributed by atoms with van der Waals surface area (Å²) in [7, 11) is 1.19. The molecule has 3 nitrogen and oxygen atoms in total. The molecule has 92 valence electrons. The maximum absolute atomic E-state index is 12.9. The highest BCUT2D eigenvalue weighted by Gasteiger charge is 2.66. The second kappa shape index (κ2) is 3.46. The van der Waals surface area contributed by atoms with Gasteiger partial charge in [0.15, 0.2) is 0 Å². The number of carbonyl (C=O) groups excluding carboxylic acids is 1. The van der Waals surface area contributed by atoms with Crippen molar-refractivity contribution >= 4 is 27.5 Å². The van der Waals surface area contributed by atoms with Crippen LogP contribution in [-0.4, -0.2) is 24.2 Å². The lowest BCUT2D eigenvalue weighted by Crippen LogP contribution is -2.49. The van der Waals surface area contributed by atoms with E-state index in [0.29, 0.717) is 4.47 Å². The minimum absolute atomic E-state index is 0.0537. The van der Waals surface area contributed by atoms with Crippen LogP contribution in [-0.2, 0) is 10.4 Å². The second-order valence-electron chi connectivity index (χ2n) is 3.73. The number of alkyl halides is 3. The summed E-state index contributed by atoms with van der Waals surface area (Å²) in [5.74, 6) is -1.39. The Bertz CT molecular complexity index is 503. The summed E-state index contributed by atoms with van der Waals surface area (Å²) in [4.78, 5) is 12.4. The second-order valence-corrected chi connectivity index (χ2v) is 4.65. The molecule has 0 spiro atoms. The predicted octanol–water partition coefficient (Wildman–Crippen LogP) is 2.18. The van der Waals surface area contributed by atoms with Crippen LogP contribution in [0.4, 0.5) is 18.9 Å². The van der Waals surface area contributed by atoms with E-state index >= 15 is 0 Å². The van der Waals surface area contributed by atoms with Gasteiger partial charge >= 0.3 is 6.18 Å². The number of anilines is 1. The van der Waals surface area contributed by atoms with Crippen LogP contribution in [0.3, 0.4) is 0 Å². The van der Waals surface area contributed by atoms with Crippen molar-refractivity contribution in [2.45, 2.75) is 11.8 Å². The fourth-order valence-corrected chi connectivity index (χ4v) is 2.19. The van der Waals surface area contributed by atoms with Gasteiger partial charge in [-0.15, -0.1) is 0 Å². The van der Waals surface area contributed by atoms with Crippen LogP contribution in [0.1, 0.15) is 5.56 Å². The maximum atomic E-state index is 12.9.